The van der Waals surface area contributed by atoms with Crippen LogP contribution in [0.2, 0.25) is 0 Å². The molecular weight excluding hydrogens is 347 g/mol. The number of nitriles is 1. The van der Waals surface area contributed by atoms with Crippen LogP contribution in [0.1, 0.15) is 22.8 Å². The van der Waals surface area contributed by atoms with Gasteiger partial charge in [-0.15, -0.1) is 0 Å². The molecule has 0 aliphatic carbocycles. The number of ether oxygens (including phenoxy) is 1. The highest BCUT2D eigenvalue weighted by Crippen LogP contribution is 2.22. The molecule has 1 N–H and O–H groups in total. The number of anilines is 1. The Kier molecular flexibility index (Phi) is 5.39. The zero-order valence-electron chi connectivity index (χ0n) is 13.5. The standard InChI is InChI=1S/C17H15FN2O4S/c1-11-9-13(7-8-15(11)18)25(22,23)20-16-6-4-3-5-14(16)17(21)24-12(2)10-19/h3-9,12,20H,1-2H3. The lowest BCUT2D eigenvalue weighted by Crippen LogP contribution is -2.18. The number of nitrogens with zero attached hydrogens (tertiary/aromatic N) is 1. The summed E-state index contributed by atoms with van der Waals surface area (Å²) in [6.45, 7) is 2.84. The molecular formula is C17H15FN2O4S. The highest BCUT2D eigenvalue weighted by molar-refractivity contribution is 7.92. The fourth-order valence-corrected chi connectivity index (χ4v) is 3.15. The van der Waals surface area contributed by atoms with Gasteiger partial charge < -0.3 is 4.74 Å². The number of sulfonamides is 1. The molecule has 0 spiro atoms. The number of para-hydroxylation sites is 1. The Bertz CT molecular complexity index is 951. The predicted molar refractivity (Wildman–Crippen MR) is 88.9 cm³/mol. The van der Waals surface area contributed by atoms with Gasteiger partial charge in [-0.1, -0.05) is 12.1 Å². The molecule has 2 rings (SSSR count). The van der Waals surface area contributed by atoms with E-state index in [9.17, 15) is 17.6 Å². The first-order chi connectivity index (χ1) is 11.7. The molecule has 2 aromatic carbocycles. The summed E-state index contributed by atoms with van der Waals surface area (Å²) < 4.78 is 45.5. The summed E-state index contributed by atoms with van der Waals surface area (Å²) in [6.07, 6.45) is -0.975. The van der Waals surface area contributed by atoms with Gasteiger partial charge in [-0.2, -0.15) is 5.26 Å². The van der Waals surface area contributed by atoms with Crippen molar-refractivity contribution >= 4 is 21.7 Å². The van der Waals surface area contributed by atoms with E-state index < -0.39 is 27.9 Å². The highest BCUT2D eigenvalue weighted by atomic mass is 32.2. The number of carbonyl (C=O) groups excluding carboxylic acids is 1. The molecule has 25 heavy (non-hydrogen) atoms. The van der Waals surface area contributed by atoms with Crippen LogP contribution in [0.3, 0.4) is 0 Å². The fraction of sp³-hybridized carbons (Fsp3) is 0.176. The van der Waals surface area contributed by atoms with Gasteiger partial charge in [-0.05, 0) is 49.7 Å². The van der Waals surface area contributed by atoms with Crippen LogP contribution in [0.15, 0.2) is 47.4 Å². The number of hydrogen-bond acceptors (Lipinski definition) is 5. The second-order valence-electron chi connectivity index (χ2n) is 5.24. The van der Waals surface area contributed by atoms with E-state index in [-0.39, 0.29) is 21.7 Å². The minimum Gasteiger partial charge on any atom is -0.444 e. The first-order valence-electron chi connectivity index (χ1n) is 7.23. The summed E-state index contributed by atoms with van der Waals surface area (Å²) in [5.74, 6) is -1.35. The van der Waals surface area contributed by atoms with E-state index in [2.05, 4.69) is 4.72 Å². The lowest BCUT2D eigenvalue weighted by molar-refractivity contribution is 0.0437. The monoisotopic (exact) mass is 362 g/mol. The first kappa shape index (κ1) is 18.4. The quantitative estimate of drug-likeness (QED) is 0.825. The molecule has 1 atom stereocenters. The average molecular weight is 362 g/mol. The van der Waals surface area contributed by atoms with Crippen LogP contribution in [-0.4, -0.2) is 20.5 Å². The van der Waals surface area contributed by atoms with E-state index >= 15 is 0 Å². The molecule has 6 nitrogen and oxygen atoms in total. The van der Waals surface area contributed by atoms with Gasteiger partial charge in [0.2, 0.25) is 0 Å². The van der Waals surface area contributed by atoms with E-state index in [1.54, 1.807) is 6.07 Å². The largest absolute Gasteiger partial charge is 0.444 e. The van der Waals surface area contributed by atoms with Gasteiger partial charge >= 0.3 is 5.97 Å². The van der Waals surface area contributed by atoms with Gasteiger partial charge in [0.05, 0.1) is 16.1 Å². The highest BCUT2D eigenvalue weighted by Gasteiger charge is 2.21. The second kappa shape index (κ2) is 7.32. The van der Waals surface area contributed by atoms with Crippen molar-refractivity contribution in [1.82, 2.24) is 0 Å². The lowest BCUT2D eigenvalue weighted by Gasteiger charge is -2.13. The van der Waals surface area contributed by atoms with E-state index in [1.807, 2.05) is 0 Å². The Morgan fingerprint density at radius 3 is 2.60 bits per heavy atom. The van der Waals surface area contributed by atoms with Gasteiger partial charge in [-0.25, -0.2) is 17.6 Å². The molecule has 0 heterocycles. The molecule has 0 saturated heterocycles. The molecule has 0 aliphatic rings. The van der Waals surface area contributed by atoms with Gasteiger partial charge in [0.15, 0.2) is 6.10 Å². The molecule has 0 aromatic heterocycles. The minimum atomic E-state index is -4.03. The molecule has 130 valence electrons. The summed E-state index contributed by atoms with van der Waals surface area (Å²) in [5, 5.41) is 8.71. The Morgan fingerprint density at radius 1 is 1.28 bits per heavy atom. The van der Waals surface area contributed by atoms with Gasteiger partial charge in [-0.3, -0.25) is 4.72 Å². The zero-order chi connectivity index (χ0) is 18.6. The molecule has 0 bridgehead atoms. The first-order valence-corrected chi connectivity index (χ1v) is 8.71. The number of rotatable bonds is 5. The van der Waals surface area contributed by atoms with Crippen molar-refractivity contribution in [3.8, 4) is 6.07 Å². The number of esters is 1. The molecule has 1 unspecified atom stereocenters. The number of carbonyl (C=O) groups is 1. The third kappa shape index (κ3) is 4.33. The van der Waals surface area contributed by atoms with Crippen molar-refractivity contribution in [2.24, 2.45) is 0 Å². The van der Waals surface area contributed by atoms with Crippen LogP contribution >= 0.6 is 0 Å². The molecule has 0 aliphatic heterocycles. The van der Waals surface area contributed by atoms with Crippen molar-refractivity contribution in [2.75, 3.05) is 4.72 Å². The van der Waals surface area contributed by atoms with Crippen molar-refractivity contribution in [3.05, 3.63) is 59.4 Å². The van der Waals surface area contributed by atoms with Crippen LogP contribution in [-0.2, 0) is 14.8 Å². The molecule has 8 heteroatoms. The Labute approximate surface area is 144 Å². The van der Waals surface area contributed by atoms with E-state index in [4.69, 9.17) is 10.00 Å². The van der Waals surface area contributed by atoms with Gasteiger partial charge in [0.1, 0.15) is 11.9 Å². The van der Waals surface area contributed by atoms with Crippen LogP contribution in [0, 0.1) is 24.1 Å². The molecule has 0 saturated carbocycles. The van der Waals surface area contributed by atoms with E-state index in [0.29, 0.717) is 0 Å². The summed E-state index contributed by atoms with van der Waals surface area (Å²) in [6, 6.07) is 11.0. The molecule has 0 fully saturated rings. The summed E-state index contributed by atoms with van der Waals surface area (Å²) in [7, 11) is -4.03. The summed E-state index contributed by atoms with van der Waals surface area (Å²) in [5.41, 5.74) is 0.144. The third-order valence-corrected chi connectivity index (χ3v) is 4.66. The van der Waals surface area contributed by atoms with Gasteiger partial charge in [0.25, 0.3) is 10.0 Å². The van der Waals surface area contributed by atoms with Gasteiger partial charge in [0, 0.05) is 0 Å². The van der Waals surface area contributed by atoms with E-state index in [0.717, 1.165) is 12.1 Å². The van der Waals surface area contributed by atoms with E-state index in [1.165, 1.54) is 44.2 Å². The van der Waals surface area contributed by atoms with Crippen LogP contribution < -0.4 is 4.72 Å². The van der Waals surface area contributed by atoms with Crippen molar-refractivity contribution in [1.29, 1.82) is 5.26 Å². The van der Waals surface area contributed by atoms with Crippen LogP contribution in [0.25, 0.3) is 0 Å². The molecule has 0 amide bonds. The minimum absolute atomic E-state index is 0.000354. The Morgan fingerprint density at radius 2 is 1.96 bits per heavy atom. The fourth-order valence-electron chi connectivity index (χ4n) is 1.99. The number of benzene rings is 2. The predicted octanol–water partition coefficient (Wildman–Crippen LogP) is 3.00. The number of aryl methyl sites for hydroxylation is 1. The molecule has 2 aromatic rings. The normalized spacial score (nSPS) is 12.1. The smallest absolute Gasteiger partial charge is 0.341 e. The SMILES string of the molecule is Cc1cc(S(=O)(=O)Nc2ccccc2C(=O)OC(C)C#N)ccc1F. The maximum absolute atomic E-state index is 13.3. The van der Waals surface area contributed by atoms with Crippen LogP contribution in [0.4, 0.5) is 10.1 Å². The number of nitrogens with one attached hydrogen (secondary N) is 1. The summed E-state index contributed by atoms with van der Waals surface area (Å²) >= 11 is 0. The summed E-state index contributed by atoms with van der Waals surface area (Å²) in [4.78, 5) is 12.0. The lowest BCUT2D eigenvalue weighted by atomic mass is 10.2. The third-order valence-electron chi connectivity index (χ3n) is 3.30. The number of hydrogen-bond donors (Lipinski definition) is 1. The number of halogens is 1. The zero-order valence-corrected chi connectivity index (χ0v) is 14.3. The second-order valence-corrected chi connectivity index (χ2v) is 6.92. The van der Waals surface area contributed by atoms with Crippen molar-refractivity contribution in [2.45, 2.75) is 24.8 Å². The Balaban J connectivity index is 2.35. The average Bonchev–Trinajstić information content (AvgIpc) is 2.57. The van der Waals surface area contributed by atoms with Crippen molar-refractivity contribution < 1.29 is 22.3 Å². The molecule has 0 radical (unpaired) electrons. The maximum atomic E-state index is 13.3. The maximum Gasteiger partial charge on any atom is 0.341 e. The Hall–Kier alpha value is -2.92. The van der Waals surface area contributed by atoms with Crippen molar-refractivity contribution in [3.63, 3.8) is 0 Å². The van der Waals surface area contributed by atoms with Crippen LogP contribution in [0.5, 0.6) is 0 Å². The topological polar surface area (TPSA) is 96.3 Å².